The van der Waals surface area contributed by atoms with Gasteiger partial charge in [-0.3, -0.25) is 4.79 Å². The van der Waals surface area contributed by atoms with Crippen molar-refractivity contribution in [2.45, 2.75) is 55.1 Å². The van der Waals surface area contributed by atoms with E-state index in [1.54, 1.807) is 25.1 Å². The average Bonchev–Trinajstić information content (AvgIpc) is 3.38. The molecule has 24 heavy (non-hydrogen) atoms. The molecule has 4 nitrogen and oxygen atoms in total. The molecule has 1 aromatic carbocycles. The Labute approximate surface area is 148 Å². The Morgan fingerprint density at radius 1 is 1.25 bits per heavy atom. The second-order valence-electron chi connectivity index (χ2n) is 6.89. The first-order valence-corrected chi connectivity index (χ1v) is 10.4. The maximum atomic E-state index is 12.4. The Kier molecular flexibility index (Phi) is 5.33. The average molecular weight is 371 g/mol. The van der Waals surface area contributed by atoms with Crippen LogP contribution in [0, 0.1) is 5.92 Å². The summed E-state index contributed by atoms with van der Waals surface area (Å²) in [5.41, 5.74) is 0.814. The third-order valence-corrected chi connectivity index (χ3v) is 7.77. The van der Waals surface area contributed by atoms with Gasteiger partial charge >= 0.3 is 0 Å². The van der Waals surface area contributed by atoms with Gasteiger partial charge in [0.2, 0.25) is 0 Å². The van der Waals surface area contributed by atoms with Crippen molar-refractivity contribution in [2.24, 2.45) is 5.92 Å². The van der Waals surface area contributed by atoms with Crippen LogP contribution in [0.5, 0.6) is 0 Å². The van der Waals surface area contributed by atoms with Crippen molar-refractivity contribution in [1.29, 1.82) is 0 Å². The highest BCUT2D eigenvalue weighted by Crippen LogP contribution is 2.38. The van der Waals surface area contributed by atoms with Crippen LogP contribution in [0.25, 0.3) is 0 Å². The Morgan fingerprint density at radius 2 is 1.92 bits per heavy atom. The minimum absolute atomic E-state index is 0.0929. The molecule has 0 aromatic heterocycles. The molecular weight excluding hydrogens is 348 g/mol. The fourth-order valence-corrected chi connectivity index (χ4v) is 5.59. The molecule has 1 aliphatic heterocycles. The number of rotatable bonds is 6. The molecule has 0 radical (unpaired) electrons. The van der Waals surface area contributed by atoms with Gasteiger partial charge < -0.3 is 4.74 Å². The van der Waals surface area contributed by atoms with E-state index in [9.17, 15) is 13.2 Å². The molecule has 6 heteroatoms. The summed E-state index contributed by atoms with van der Waals surface area (Å²) in [6, 6.07) is 5.00. The van der Waals surface area contributed by atoms with Gasteiger partial charge in [0.1, 0.15) is 5.78 Å². The number of sulfone groups is 1. The normalized spacial score (nSPS) is 20.8. The first kappa shape index (κ1) is 17.9. The Morgan fingerprint density at radius 3 is 2.46 bits per heavy atom. The fourth-order valence-electron chi connectivity index (χ4n) is 3.37. The summed E-state index contributed by atoms with van der Waals surface area (Å²) < 4.78 is 30.1. The second-order valence-corrected chi connectivity index (χ2v) is 9.49. The highest BCUT2D eigenvalue weighted by molar-refractivity contribution is 7.92. The molecule has 2 fully saturated rings. The number of hydrogen-bond donors (Lipinski definition) is 0. The van der Waals surface area contributed by atoms with Gasteiger partial charge in [0.15, 0.2) is 9.84 Å². The van der Waals surface area contributed by atoms with E-state index in [1.165, 1.54) is 0 Å². The first-order chi connectivity index (χ1) is 11.4. The zero-order valence-corrected chi connectivity index (χ0v) is 15.4. The maximum absolute atomic E-state index is 12.4. The van der Waals surface area contributed by atoms with Crippen molar-refractivity contribution < 1.29 is 17.9 Å². The Balaban J connectivity index is 1.83. The molecular formula is C18H23ClO4S. The van der Waals surface area contributed by atoms with Crippen LogP contribution in [0.2, 0.25) is 5.02 Å². The number of carbonyl (C=O) groups excluding carboxylic acids is 1. The Bertz CT molecular complexity index is 719. The smallest absolute Gasteiger partial charge is 0.182 e. The first-order valence-electron chi connectivity index (χ1n) is 8.51. The van der Waals surface area contributed by atoms with Crippen molar-refractivity contribution in [1.82, 2.24) is 0 Å². The van der Waals surface area contributed by atoms with E-state index in [-0.39, 0.29) is 26.9 Å². The highest BCUT2D eigenvalue weighted by atomic mass is 35.5. The van der Waals surface area contributed by atoms with Gasteiger partial charge in [0, 0.05) is 19.1 Å². The summed E-state index contributed by atoms with van der Waals surface area (Å²) in [6.07, 6.45) is 4.11. The number of benzene rings is 1. The summed E-state index contributed by atoms with van der Waals surface area (Å²) in [7, 11) is -3.32. The quantitative estimate of drug-likeness (QED) is 0.764. The van der Waals surface area contributed by atoms with Gasteiger partial charge in [0.05, 0.1) is 15.2 Å². The number of ether oxygens (including phenoxy) is 1. The van der Waals surface area contributed by atoms with Crippen molar-refractivity contribution in [3.63, 3.8) is 0 Å². The third-order valence-electron chi connectivity index (χ3n) is 5.03. The van der Waals surface area contributed by atoms with E-state index in [0.29, 0.717) is 18.8 Å². The molecule has 0 amide bonds. The van der Waals surface area contributed by atoms with E-state index in [0.717, 1.165) is 38.0 Å². The highest BCUT2D eigenvalue weighted by Gasteiger charge is 2.38. The molecule has 1 heterocycles. The number of ketones is 1. The van der Waals surface area contributed by atoms with Crippen LogP contribution in [0.4, 0.5) is 0 Å². The van der Waals surface area contributed by atoms with Gasteiger partial charge in [-0.15, -0.1) is 0 Å². The lowest BCUT2D eigenvalue weighted by Gasteiger charge is -2.26. The molecule has 1 atom stereocenters. The molecule has 0 spiro atoms. The van der Waals surface area contributed by atoms with Gasteiger partial charge in [0.25, 0.3) is 0 Å². The van der Waals surface area contributed by atoms with Gasteiger partial charge in [-0.2, -0.15) is 0 Å². The molecule has 2 aliphatic rings. The molecule has 132 valence electrons. The van der Waals surface area contributed by atoms with Crippen LogP contribution in [-0.2, 0) is 19.4 Å². The monoisotopic (exact) mass is 370 g/mol. The summed E-state index contributed by atoms with van der Waals surface area (Å²) in [6.45, 7) is 3.08. The lowest BCUT2D eigenvalue weighted by molar-refractivity contribution is -0.119. The van der Waals surface area contributed by atoms with E-state index in [1.807, 2.05) is 0 Å². The maximum Gasteiger partial charge on any atom is 0.182 e. The molecule has 1 aromatic rings. The molecule has 1 aliphatic carbocycles. The molecule has 1 unspecified atom stereocenters. The van der Waals surface area contributed by atoms with Crippen molar-refractivity contribution >= 4 is 27.2 Å². The predicted molar refractivity (Wildman–Crippen MR) is 93.2 cm³/mol. The van der Waals surface area contributed by atoms with Gasteiger partial charge in [-0.1, -0.05) is 17.7 Å². The lowest BCUT2D eigenvalue weighted by Crippen LogP contribution is -2.21. The number of halogens is 1. The Hall–Kier alpha value is -0.910. The fraction of sp³-hybridized carbons (Fsp3) is 0.611. The number of Topliss-reactive ketones (excluding diaryl/α,β-unsaturated/α-hetero) is 1. The zero-order chi connectivity index (χ0) is 17.3. The second kappa shape index (κ2) is 7.14. The van der Waals surface area contributed by atoms with Crippen molar-refractivity contribution in [2.75, 3.05) is 13.2 Å². The van der Waals surface area contributed by atoms with Crippen LogP contribution in [0.15, 0.2) is 23.1 Å². The van der Waals surface area contributed by atoms with E-state index >= 15 is 0 Å². The van der Waals surface area contributed by atoms with Crippen LogP contribution < -0.4 is 0 Å². The molecule has 1 saturated carbocycles. The van der Waals surface area contributed by atoms with Crippen LogP contribution in [-0.4, -0.2) is 32.7 Å². The van der Waals surface area contributed by atoms with E-state index in [2.05, 4.69) is 0 Å². The summed E-state index contributed by atoms with van der Waals surface area (Å²) in [4.78, 5) is 12.3. The third kappa shape index (κ3) is 3.84. The SMILES string of the molecule is CC(=O)C(CC1CCOCC1)c1ccc(S(=O)(=O)C2CC2)c(Cl)c1. The van der Waals surface area contributed by atoms with Crippen LogP contribution in [0.1, 0.15) is 50.5 Å². The van der Waals surface area contributed by atoms with Gasteiger partial charge in [-0.25, -0.2) is 8.42 Å². The summed E-state index contributed by atoms with van der Waals surface area (Å²) >= 11 is 6.27. The van der Waals surface area contributed by atoms with Gasteiger partial charge in [-0.05, 0) is 62.6 Å². The summed E-state index contributed by atoms with van der Waals surface area (Å²) in [5, 5.41) is -0.0516. The van der Waals surface area contributed by atoms with Crippen LogP contribution >= 0.6 is 11.6 Å². The predicted octanol–water partition coefficient (Wildman–Crippen LogP) is 3.77. The number of hydrogen-bond acceptors (Lipinski definition) is 4. The zero-order valence-electron chi connectivity index (χ0n) is 13.8. The van der Waals surface area contributed by atoms with Crippen LogP contribution in [0.3, 0.4) is 0 Å². The minimum Gasteiger partial charge on any atom is -0.381 e. The molecule has 0 N–H and O–H groups in total. The standard InChI is InChI=1S/C18H23ClO4S/c1-12(20)16(10-13-6-8-23-9-7-13)14-2-5-18(17(19)11-14)24(21,22)15-3-4-15/h2,5,11,13,15-16H,3-4,6-10H2,1H3. The van der Waals surface area contributed by atoms with Crippen molar-refractivity contribution in [3.8, 4) is 0 Å². The summed E-state index contributed by atoms with van der Waals surface area (Å²) in [5.74, 6) is 0.319. The topological polar surface area (TPSA) is 60.4 Å². The molecule has 0 bridgehead atoms. The van der Waals surface area contributed by atoms with Crippen molar-refractivity contribution in [3.05, 3.63) is 28.8 Å². The lowest BCUT2D eigenvalue weighted by atomic mass is 9.83. The van der Waals surface area contributed by atoms with E-state index < -0.39 is 9.84 Å². The number of carbonyl (C=O) groups is 1. The minimum atomic E-state index is -3.32. The van der Waals surface area contributed by atoms with E-state index in [4.69, 9.17) is 16.3 Å². The largest absolute Gasteiger partial charge is 0.381 e. The molecule has 3 rings (SSSR count). The molecule has 1 saturated heterocycles.